The minimum Gasteiger partial charge on any atom is -0.488 e. The van der Waals surface area contributed by atoms with Crippen LogP contribution in [0.4, 0.5) is 0 Å². The summed E-state index contributed by atoms with van der Waals surface area (Å²) in [6, 6.07) is 6.06. The highest BCUT2D eigenvalue weighted by Gasteiger charge is 2.36. The lowest BCUT2D eigenvalue weighted by atomic mass is 9.98. The molecule has 0 aromatic heterocycles. The van der Waals surface area contributed by atoms with E-state index in [0.717, 1.165) is 42.6 Å². The first-order valence-electron chi connectivity index (χ1n) is 8.05. The molecule has 1 fully saturated rings. The van der Waals surface area contributed by atoms with Crippen LogP contribution in [0.25, 0.3) is 0 Å². The van der Waals surface area contributed by atoms with Crippen molar-refractivity contribution < 1.29 is 9.53 Å². The van der Waals surface area contributed by atoms with E-state index in [-0.39, 0.29) is 23.9 Å². The molecule has 130 valence electrons. The van der Waals surface area contributed by atoms with Crippen molar-refractivity contribution in [2.75, 3.05) is 0 Å². The van der Waals surface area contributed by atoms with E-state index in [1.165, 1.54) is 0 Å². The van der Waals surface area contributed by atoms with Gasteiger partial charge in [-0.3, -0.25) is 4.79 Å². The molecule has 0 bridgehead atoms. The molecule has 1 aromatic carbocycles. The molecule has 0 saturated heterocycles. The lowest BCUT2D eigenvalue weighted by molar-refractivity contribution is -0.126. The topological polar surface area (TPSA) is 64.4 Å². The van der Waals surface area contributed by atoms with Crippen LogP contribution in [0.2, 0.25) is 0 Å². The van der Waals surface area contributed by atoms with Gasteiger partial charge in [0.05, 0.1) is 5.54 Å². The maximum Gasteiger partial charge on any atom is 0.240 e. The number of nitrogens with two attached hydrogens (primary N) is 1. The number of rotatable bonds is 4. The van der Waals surface area contributed by atoms with Crippen molar-refractivity contribution in [3.05, 3.63) is 29.3 Å². The number of hydrogen-bond acceptors (Lipinski definition) is 3. The van der Waals surface area contributed by atoms with Crippen molar-refractivity contribution in [3.8, 4) is 5.75 Å². The first-order valence-corrected chi connectivity index (χ1v) is 8.05. The molecule has 0 atom stereocenters. The van der Waals surface area contributed by atoms with Crippen molar-refractivity contribution in [1.29, 1.82) is 0 Å². The zero-order valence-corrected chi connectivity index (χ0v) is 15.4. The molecule has 1 aliphatic carbocycles. The lowest BCUT2D eigenvalue weighted by Crippen LogP contribution is -2.51. The fourth-order valence-corrected chi connectivity index (χ4v) is 2.82. The van der Waals surface area contributed by atoms with E-state index in [2.05, 4.69) is 5.32 Å². The van der Waals surface area contributed by atoms with Crippen molar-refractivity contribution in [2.45, 2.75) is 71.1 Å². The van der Waals surface area contributed by atoms with Crippen molar-refractivity contribution in [2.24, 2.45) is 5.73 Å². The van der Waals surface area contributed by atoms with Crippen LogP contribution in [0.1, 0.15) is 57.6 Å². The molecular weight excluding hydrogens is 312 g/mol. The van der Waals surface area contributed by atoms with Gasteiger partial charge < -0.3 is 15.8 Å². The van der Waals surface area contributed by atoms with Gasteiger partial charge in [-0.25, -0.2) is 0 Å². The number of nitrogens with one attached hydrogen (secondary N) is 1. The second-order valence-corrected chi connectivity index (χ2v) is 7.37. The van der Waals surface area contributed by atoms with Gasteiger partial charge in [-0.2, -0.15) is 0 Å². The van der Waals surface area contributed by atoms with E-state index >= 15 is 0 Å². The van der Waals surface area contributed by atoms with Crippen LogP contribution in [0.5, 0.6) is 5.75 Å². The maximum absolute atomic E-state index is 12.3. The first kappa shape index (κ1) is 19.8. The molecule has 3 N–H and O–H groups in total. The van der Waals surface area contributed by atoms with Crippen molar-refractivity contribution >= 4 is 18.3 Å². The van der Waals surface area contributed by atoms with Crippen molar-refractivity contribution in [3.63, 3.8) is 0 Å². The van der Waals surface area contributed by atoms with Crippen LogP contribution >= 0.6 is 12.4 Å². The quantitative estimate of drug-likeness (QED) is 0.881. The standard InChI is InChI=1S/C18H28N2O2.ClH/c1-13-7-8-14(15(11-13)22-17(2,3)4)12-20-16(21)18(19)9-5-6-10-18;/h7-8,11H,5-6,9-10,12,19H2,1-4H3,(H,20,21);1H. The molecule has 1 aromatic rings. The van der Waals surface area contributed by atoms with E-state index < -0.39 is 5.54 Å². The number of halogens is 1. The average molecular weight is 341 g/mol. The fraction of sp³-hybridized carbons (Fsp3) is 0.611. The van der Waals surface area contributed by atoms with E-state index in [4.69, 9.17) is 10.5 Å². The fourth-order valence-electron chi connectivity index (χ4n) is 2.82. The molecule has 0 aliphatic heterocycles. The maximum atomic E-state index is 12.3. The van der Waals surface area contributed by atoms with E-state index in [0.29, 0.717) is 6.54 Å². The summed E-state index contributed by atoms with van der Waals surface area (Å²) in [6.45, 7) is 8.54. The average Bonchev–Trinajstić information content (AvgIpc) is 2.84. The minimum absolute atomic E-state index is 0. The molecule has 2 rings (SSSR count). The molecule has 4 nitrogen and oxygen atoms in total. The summed E-state index contributed by atoms with van der Waals surface area (Å²) in [7, 11) is 0. The molecule has 1 amide bonds. The lowest BCUT2D eigenvalue weighted by Gasteiger charge is -2.25. The van der Waals surface area contributed by atoms with Gasteiger partial charge in [0.15, 0.2) is 0 Å². The molecule has 1 saturated carbocycles. The van der Waals surface area contributed by atoms with Gasteiger partial charge in [-0.05, 0) is 52.2 Å². The van der Waals surface area contributed by atoms with Crippen LogP contribution in [-0.4, -0.2) is 17.0 Å². The zero-order valence-electron chi connectivity index (χ0n) is 14.6. The van der Waals surface area contributed by atoms with Gasteiger partial charge in [0.1, 0.15) is 11.4 Å². The third kappa shape index (κ3) is 5.40. The summed E-state index contributed by atoms with van der Waals surface area (Å²) in [5, 5.41) is 2.98. The molecule has 0 spiro atoms. The monoisotopic (exact) mass is 340 g/mol. The van der Waals surface area contributed by atoms with E-state index in [9.17, 15) is 4.79 Å². The number of carbonyl (C=O) groups is 1. The zero-order chi connectivity index (χ0) is 16.4. The third-order valence-electron chi connectivity index (χ3n) is 4.03. The third-order valence-corrected chi connectivity index (χ3v) is 4.03. The van der Waals surface area contributed by atoms with E-state index in [1.807, 2.05) is 45.9 Å². The normalized spacial score (nSPS) is 16.6. The Morgan fingerprint density at radius 1 is 1.30 bits per heavy atom. The largest absolute Gasteiger partial charge is 0.488 e. The molecule has 1 aliphatic rings. The summed E-state index contributed by atoms with van der Waals surface area (Å²) in [5.74, 6) is 0.776. The number of benzene rings is 1. The summed E-state index contributed by atoms with van der Waals surface area (Å²) in [4.78, 5) is 12.3. The molecule has 0 radical (unpaired) electrons. The molecular formula is C18H29ClN2O2. The Bertz CT molecular complexity index is 546. The number of ether oxygens (including phenoxy) is 1. The highest BCUT2D eigenvalue weighted by atomic mass is 35.5. The van der Waals surface area contributed by atoms with Crippen LogP contribution in [0, 0.1) is 6.92 Å². The van der Waals surface area contributed by atoms with Crippen LogP contribution in [-0.2, 0) is 11.3 Å². The summed E-state index contributed by atoms with van der Waals surface area (Å²) >= 11 is 0. The molecule has 0 heterocycles. The number of carbonyl (C=O) groups excluding carboxylic acids is 1. The predicted octanol–water partition coefficient (Wildman–Crippen LogP) is 3.48. The molecule has 0 unspecified atom stereocenters. The van der Waals surface area contributed by atoms with Crippen LogP contribution in [0.3, 0.4) is 0 Å². The molecule has 5 heteroatoms. The number of hydrogen-bond donors (Lipinski definition) is 2. The SMILES string of the molecule is Cc1ccc(CNC(=O)C2(N)CCCC2)c(OC(C)(C)C)c1.Cl. The highest BCUT2D eigenvalue weighted by molar-refractivity contribution is 5.86. The van der Waals surface area contributed by atoms with Crippen LogP contribution < -0.4 is 15.8 Å². The second-order valence-electron chi connectivity index (χ2n) is 7.37. The Hall–Kier alpha value is -1.26. The van der Waals surface area contributed by atoms with Gasteiger partial charge in [-0.15, -0.1) is 12.4 Å². The Labute approximate surface area is 145 Å². The smallest absolute Gasteiger partial charge is 0.240 e. The Balaban J connectivity index is 0.00000264. The minimum atomic E-state index is -0.685. The number of amides is 1. The Kier molecular flexibility index (Phi) is 6.49. The second kappa shape index (κ2) is 7.54. The van der Waals surface area contributed by atoms with Crippen LogP contribution in [0.15, 0.2) is 18.2 Å². The van der Waals surface area contributed by atoms with E-state index in [1.54, 1.807) is 0 Å². The predicted molar refractivity (Wildman–Crippen MR) is 96.0 cm³/mol. The van der Waals surface area contributed by atoms with Gasteiger partial charge in [0.25, 0.3) is 0 Å². The van der Waals surface area contributed by atoms with Gasteiger partial charge in [0, 0.05) is 12.1 Å². The Morgan fingerprint density at radius 2 is 1.91 bits per heavy atom. The van der Waals surface area contributed by atoms with Gasteiger partial charge in [0.2, 0.25) is 5.91 Å². The van der Waals surface area contributed by atoms with Gasteiger partial charge >= 0.3 is 0 Å². The first-order chi connectivity index (χ1) is 10.2. The summed E-state index contributed by atoms with van der Waals surface area (Å²) in [5.41, 5.74) is 7.35. The summed E-state index contributed by atoms with van der Waals surface area (Å²) in [6.07, 6.45) is 3.62. The van der Waals surface area contributed by atoms with Crippen molar-refractivity contribution in [1.82, 2.24) is 5.32 Å². The summed E-state index contributed by atoms with van der Waals surface area (Å²) < 4.78 is 6.01. The molecule has 23 heavy (non-hydrogen) atoms. The highest BCUT2D eigenvalue weighted by Crippen LogP contribution is 2.28. The number of aryl methyl sites for hydroxylation is 1. The van der Waals surface area contributed by atoms with Gasteiger partial charge in [-0.1, -0.05) is 25.0 Å². The Morgan fingerprint density at radius 3 is 2.48 bits per heavy atom.